The molecule has 2 saturated heterocycles. The van der Waals surface area contributed by atoms with Crippen LogP contribution in [0.1, 0.15) is 64.9 Å². The first-order valence-electron chi connectivity index (χ1n) is 17.6. The van der Waals surface area contributed by atoms with Gasteiger partial charge in [0.05, 0.1) is 25.3 Å². The summed E-state index contributed by atoms with van der Waals surface area (Å²) < 4.78 is 29.3. The first kappa shape index (κ1) is 41.1. The van der Waals surface area contributed by atoms with E-state index in [2.05, 4.69) is 0 Å². The van der Waals surface area contributed by atoms with E-state index in [1.807, 2.05) is 13.0 Å². The van der Waals surface area contributed by atoms with E-state index < -0.39 is 65.5 Å². The summed E-state index contributed by atoms with van der Waals surface area (Å²) in [6, 6.07) is 2.30. The maximum atomic E-state index is 14.1. The molecule has 15 heteroatoms. The SMILES string of the molecule is COc1cc2cc(c1Cl)N(C)C(=O)C[C@@H]1OC(=O)[C@@H](N(C)C(=O)CCCCCN)C3(O[C@@]13C)[C@H](C)C(OC(N)=O)C[C@H](O)[C@H](OC)/C=C/C=C(\C)C2. The number of amides is 3. The summed E-state index contributed by atoms with van der Waals surface area (Å²) in [7, 11) is 6.00. The molecule has 52 heavy (non-hydrogen) atoms. The van der Waals surface area contributed by atoms with Crippen LogP contribution < -0.4 is 21.1 Å². The van der Waals surface area contributed by atoms with Gasteiger partial charge in [-0.3, -0.25) is 9.59 Å². The Balaban J connectivity index is 1.84. The van der Waals surface area contributed by atoms with Crippen LogP contribution in [0.5, 0.6) is 5.75 Å². The van der Waals surface area contributed by atoms with Crippen LogP contribution in [-0.4, -0.2) is 110 Å². The highest BCUT2D eigenvalue weighted by Crippen LogP contribution is 2.63. The number of aliphatic hydroxyl groups is 1. The molecule has 8 atom stereocenters. The van der Waals surface area contributed by atoms with E-state index >= 15 is 0 Å². The number of nitrogens with two attached hydrogens (primary N) is 2. The second kappa shape index (κ2) is 17.0. The largest absolute Gasteiger partial charge is 0.495 e. The minimum absolute atomic E-state index is 0.146. The number of hydrogen-bond donors (Lipinski definition) is 3. The first-order valence-corrected chi connectivity index (χ1v) is 17.9. The summed E-state index contributed by atoms with van der Waals surface area (Å²) in [6.07, 6.45) is 2.13. The number of likely N-dealkylation sites (N-methyl/N-ethyl adjacent to an activating group) is 1. The average molecular weight is 749 g/mol. The number of methoxy groups -OCH3 is 2. The van der Waals surface area contributed by atoms with Crippen LogP contribution in [0, 0.1) is 5.92 Å². The predicted molar refractivity (Wildman–Crippen MR) is 194 cm³/mol. The molecule has 3 heterocycles. The molecule has 2 unspecified atom stereocenters. The lowest BCUT2D eigenvalue weighted by Gasteiger charge is -2.43. The Morgan fingerprint density at radius 1 is 1.19 bits per heavy atom. The highest BCUT2D eigenvalue weighted by atomic mass is 35.5. The normalized spacial score (nSPS) is 32.5. The van der Waals surface area contributed by atoms with Crippen LogP contribution in [0.3, 0.4) is 0 Å². The van der Waals surface area contributed by atoms with Gasteiger partial charge in [-0.2, -0.15) is 0 Å². The summed E-state index contributed by atoms with van der Waals surface area (Å²) in [6.45, 7) is 5.83. The Morgan fingerprint density at radius 3 is 2.54 bits per heavy atom. The van der Waals surface area contributed by atoms with Crippen molar-refractivity contribution in [1.82, 2.24) is 4.90 Å². The van der Waals surface area contributed by atoms with Gasteiger partial charge >= 0.3 is 12.1 Å². The third-order valence-electron chi connectivity index (χ3n) is 10.7. The number of ether oxygens (including phenoxy) is 5. The van der Waals surface area contributed by atoms with Crippen molar-refractivity contribution < 1.29 is 48.0 Å². The van der Waals surface area contributed by atoms with Crippen molar-refractivity contribution in [2.75, 3.05) is 39.8 Å². The van der Waals surface area contributed by atoms with Crippen molar-refractivity contribution in [1.29, 1.82) is 0 Å². The number of fused-ring (bicyclic) bond motifs is 2. The van der Waals surface area contributed by atoms with Crippen LogP contribution in [0.4, 0.5) is 10.5 Å². The zero-order valence-corrected chi connectivity index (χ0v) is 31.8. The molecule has 1 aromatic carbocycles. The molecule has 0 aromatic heterocycles. The van der Waals surface area contributed by atoms with Gasteiger partial charge in [-0.25, -0.2) is 9.59 Å². The standard InChI is InChI=1S/C37H53ClN4O10/c1-21-12-11-13-26(48-6)25(43)19-27(50-35(40)47)22(2)37-33(42(5)30(44)14-9-8-10-15-39)34(46)51-29(36(37,3)52-37)20-31(45)41(4)24-17-23(16-21)18-28(49-7)32(24)38/h11-13,17-18,22,25-27,29,33,43H,8-10,14-16,19-20,39H2,1-7H3,(H2,40,47)/b13-11+,21-12+/t22-,25+,26-,27?,29+,33-,36+,37?/m1/s1. The summed E-state index contributed by atoms with van der Waals surface area (Å²) in [4.78, 5) is 56.7. The van der Waals surface area contributed by atoms with Gasteiger partial charge < -0.3 is 50.1 Å². The number of unbranched alkanes of at least 4 members (excludes halogenated alkanes) is 2. The van der Waals surface area contributed by atoms with Crippen LogP contribution in [0.15, 0.2) is 35.9 Å². The fourth-order valence-electron chi connectivity index (χ4n) is 7.65. The summed E-state index contributed by atoms with van der Waals surface area (Å²) >= 11 is 6.73. The molecule has 0 saturated carbocycles. The number of carbonyl (C=O) groups is 4. The maximum absolute atomic E-state index is 14.1. The van der Waals surface area contributed by atoms with Crippen molar-refractivity contribution in [3.63, 3.8) is 0 Å². The lowest BCUT2D eigenvalue weighted by atomic mass is 9.70. The van der Waals surface area contributed by atoms with Gasteiger partial charge in [0.2, 0.25) is 11.8 Å². The number of nitrogens with zero attached hydrogens (tertiary/aromatic N) is 2. The zero-order valence-electron chi connectivity index (χ0n) is 31.1. The molecule has 3 aliphatic rings. The van der Waals surface area contributed by atoms with Crippen LogP contribution >= 0.6 is 11.6 Å². The number of primary amides is 1. The predicted octanol–water partition coefficient (Wildman–Crippen LogP) is 3.43. The van der Waals surface area contributed by atoms with Gasteiger partial charge in [-0.05, 0) is 57.4 Å². The minimum atomic E-state index is -1.52. The quantitative estimate of drug-likeness (QED) is 0.190. The summed E-state index contributed by atoms with van der Waals surface area (Å²) in [5.74, 6) is -2.03. The van der Waals surface area contributed by atoms with Gasteiger partial charge in [0, 0.05) is 40.0 Å². The number of anilines is 1. The van der Waals surface area contributed by atoms with Crippen LogP contribution in [0.25, 0.3) is 0 Å². The Hall–Kier alpha value is -3.69. The third-order valence-corrected chi connectivity index (χ3v) is 11.1. The second-order valence-corrected chi connectivity index (χ2v) is 14.4. The number of aliphatic hydroxyl groups excluding tert-OH is 1. The number of hydrogen-bond acceptors (Lipinski definition) is 11. The van der Waals surface area contributed by atoms with Crippen LogP contribution in [-0.2, 0) is 39.8 Å². The minimum Gasteiger partial charge on any atom is -0.495 e. The Kier molecular flexibility index (Phi) is 13.4. The highest BCUT2D eigenvalue weighted by molar-refractivity contribution is 6.35. The number of rotatable bonds is 9. The molecule has 1 aromatic rings. The van der Waals surface area contributed by atoms with Crippen molar-refractivity contribution in [2.24, 2.45) is 17.4 Å². The summed E-state index contributed by atoms with van der Waals surface area (Å²) in [5.41, 5.74) is 10.5. The number of carbonyl (C=O) groups excluding carboxylic acids is 4. The van der Waals surface area contributed by atoms with E-state index in [0.717, 1.165) is 24.0 Å². The number of allylic oxidation sites excluding steroid dienone is 3. The fourth-order valence-corrected chi connectivity index (χ4v) is 7.96. The van der Waals surface area contributed by atoms with Crippen molar-refractivity contribution in [2.45, 2.75) is 107 Å². The number of epoxide rings is 1. The molecule has 4 rings (SSSR count). The van der Waals surface area contributed by atoms with Gasteiger partial charge in [0.1, 0.15) is 40.3 Å². The molecular weight excluding hydrogens is 696 g/mol. The van der Waals surface area contributed by atoms with Crippen molar-refractivity contribution in [3.8, 4) is 5.75 Å². The van der Waals surface area contributed by atoms with Crippen molar-refractivity contribution >= 4 is 41.2 Å². The molecule has 5 N–H and O–H groups in total. The lowest BCUT2D eigenvalue weighted by molar-refractivity contribution is -0.171. The second-order valence-electron chi connectivity index (χ2n) is 14.1. The molecule has 14 nitrogen and oxygen atoms in total. The molecule has 0 spiro atoms. The molecular formula is C37H53ClN4O10. The molecule has 2 fully saturated rings. The fraction of sp³-hybridized carbons (Fsp3) is 0.622. The van der Waals surface area contributed by atoms with Crippen LogP contribution in [0.2, 0.25) is 5.02 Å². The molecule has 3 amide bonds. The molecule has 3 aliphatic heterocycles. The van der Waals surface area contributed by atoms with E-state index in [9.17, 15) is 24.3 Å². The molecule has 288 valence electrons. The van der Waals surface area contributed by atoms with Gasteiger partial charge in [0.15, 0.2) is 6.04 Å². The summed E-state index contributed by atoms with van der Waals surface area (Å²) in [5, 5.41) is 11.7. The van der Waals surface area contributed by atoms with Gasteiger partial charge in [-0.1, -0.05) is 48.7 Å². The van der Waals surface area contributed by atoms with Gasteiger partial charge in [0.25, 0.3) is 0 Å². The molecule has 0 aliphatic carbocycles. The average Bonchev–Trinajstić information content (AvgIpc) is 3.74. The van der Waals surface area contributed by atoms with E-state index in [1.54, 1.807) is 45.2 Å². The zero-order chi connectivity index (χ0) is 38.5. The molecule has 0 radical (unpaired) electrons. The number of esters is 1. The maximum Gasteiger partial charge on any atom is 0.404 e. The lowest BCUT2D eigenvalue weighted by Crippen LogP contribution is -2.65. The highest BCUT2D eigenvalue weighted by Gasteiger charge is 2.83. The van der Waals surface area contributed by atoms with E-state index in [1.165, 1.54) is 31.1 Å². The third kappa shape index (κ3) is 8.26. The smallest absolute Gasteiger partial charge is 0.404 e. The van der Waals surface area contributed by atoms with E-state index in [-0.39, 0.29) is 30.2 Å². The van der Waals surface area contributed by atoms with Crippen molar-refractivity contribution in [3.05, 3.63) is 46.5 Å². The topological polar surface area (TPSA) is 196 Å². The Labute approximate surface area is 310 Å². The Morgan fingerprint density at radius 2 is 1.90 bits per heavy atom. The monoisotopic (exact) mass is 748 g/mol. The van der Waals surface area contributed by atoms with E-state index in [4.69, 9.17) is 46.8 Å². The first-order chi connectivity index (χ1) is 24.6. The van der Waals surface area contributed by atoms with Gasteiger partial charge in [-0.15, -0.1) is 0 Å². The Bertz CT molecular complexity index is 1570. The molecule has 4 bridgehead atoms. The van der Waals surface area contributed by atoms with E-state index in [0.29, 0.717) is 30.8 Å². The number of halogens is 1. The number of benzene rings is 1.